The van der Waals surface area contributed by atoms with Gasteiger partial charge in [-0.25, -0.2) is 0 Å². The first-order valence-corrected chi connectivity index (χ1v) is 5.84. The average Bonchev–Trinajstić information content (AvgIpc) is 2.46. The van der Waals surface area contributed by atoms with Crippen molar-refractivity contribution in [2.75, 3.05) is 24.8 Å². The standard InChI is InChI=1S/C12H12F3N5O/c1-16-9-18-10(20-11(19-9)21-2)17-8-5-3-7(4-6-8)12(13,14)15/h3-6H,1-2H3,(H2,16,17,18,19,20). The third-order valence-corrected chi connectivity index (χ3v) is 2.49. The highest BCUT2D eigenvalue weighted by atomic mass is 19.4. The smallest absolute Gasteiger partial charge is 0.416 e. The van der Waals surface area contributed by atoms with Crippen LogP contribution in [0.4, 0.5) is 30.8 Å². The summed E-state index contributed by atoms with van der Waals surface area (Å²) in [5.41, 5.74) is -0.310. The summed E-state index contributed by atoms with van der Waals surface area (Å²) in [6.45, 7) is 0. The summed E-state index contributed by atoms with van der Waals surface area (Å²) >= 11 is 0. The van der Waals surface area contributed by atoms with Crippen LogP contribution in [0.5, 0.6) is 6.01 Å². The Morgan fingerprint density at radius 3 is 2.14 bits per heavy atom. The number of methoxy groups -OCH3 is 1. The number of nitrogens with one attached hydrogen (secondary N) is 2. The maximum atomic E-state index is 12.5. The molecule has 0 aliphatic heterocycles. The fourth-order valence-corrected chi connectivity index (χ4v) is 1.49. The molecule has 0 bridgehead atoms. The van der Waals surface area contributed by atoms with Crippen molar-refractivity contribution in [3.63, 3.8) is 0 Å². The van der Waals surface area contributed by atoms with Gasteiger partial charge in [-0.2, -0.15) is 28.1 Å². The normalized spacial score (nSPS) is 11.1. The molecule has 0 aliphatic rings. The van der Waals surface area contributed by atoms with E-state index in [0.717, 1.165) is 12.1 Å². The van der Waals surface area contributed by atoms with Gasteiger partial charge in [-0.3, -0.25) is 0 Å². The first kappa shape index (κ1) is 14.8. The fraction of sp³-hybridized carbons (Fsp3) is 0.250. The van der Waals surface area contributed by atoms with E-state index >= 15 is 0 Å². The SMILES string of the molecule is CNc1nc(Nc2ccc(C(F)(F)F)cc2)nc(OC)n1. The maximum absolute atomic E-state index is 12.5. The molecule has 21 heavy (non-hydrogen) atoms. The van der Waals surface area contributed by atoms with Gasteiger partial charge >= 0.3 is 12.2 Å². The zero-order chi connectivity index (χ0) is 15.5. The van der Waals surface area contributed by atoms with E-state index in [0.29, 0.717) is 5.69 Å². The molecule has 2 aromatic rings. The molecule has 0 atom stereocenters. The van der Waals surface area contributed by atoms with Crippen LogP contribution in [0, 0.1) is 0 Å². The number of anilines is 3. The predicted octanol–water partition coefficient (Wildman–Crippen LogP) is 2.68. The lowest BCUT2D eigenvalue weighted by atomic mass is 10.2. The van der Waals surface area contributed by atoms with Crippen molar-refractivity contribution in [1.29, 1.82) is 0 Å². The van der Waals surface area contributed by atoms with Gasteiger partial charge in [0, 0.05) is 12.7 Å². The Morgan fingerprint density at radius 1 is 1.00 bits per heavy atom. The number of aromatic nitrogens is 3. The quantitative estimate of drug-likeness (QED) is 0.904. The summed E-state index contributed by atoms with van der Waals surface area (Å²) in [5, 5.41) is 5.51. The molecular weight excluding hydrogens is 287 g/mol. The Hall–Kier alpha value is -2.58. The van der Waals surface area contributed by atoms with E-state index in [1.54, 1.807) is 7.05 Å². The number of nitrogens with zero attached hydrogens (tertiary/aromatic N) is 3. The Bertz CT molecular complexity index is 593. The Kier molecular flexibility index (Phi) is 4.10. The van der Waals surface area contributed by atoms with E-state index in [1.807, 2.05) is 0 Å². The lowest BCUT2D eigenvalue weighted by Crippen LogP contribution is -2.06. The van der Waals surface area contributed by atoms with Crippen LogP contribution >= 0.6 is 0 Å². The zero-order valence-corrected chi connectivity index (χ0v) is 11.2. The van der Waals surface area contributed by atoms with Crippen LogP contribution in [-0.2, 0) is 6.18 Å². The van der Waals surface area contributed by atoms with Crippen molar-refractivity contribution in [2.24, 2.45) is 0 Å². The second kappa shape index (κ2) is 5.81. The highest BCUT2D eigenvalue weighted by Crippen LogP contribution is 2.30. The third kappa shape index (κ3) is 3.71. The summed E-state index contributed by atoms with van der Waals surface area (Å²) in [6, 6.07) is 4.61. The van der Waals surface area contributed by atoms with Gasteiger partial charge in [0.05, 0.1) is 12.7 Å². The molecule has 2 N–H and O–H groups in total. The van der Waals surface area contributed by atoms with Gasteiger partial charge in [0.25, 0.3) is 0 Å². The van der Waals surface area contributed by atoms with E-state index in [1.165, 1.54) is 19.2 Å². The summed E-state index contributed by atoms with van der Waals surface area (Å²) in [4.78, 5) is 11.9. The largest absolute Gasteiger partial charge is 0.467 e. The first-order chi connectivity index (χ1) is 9.92. The van der Waals surface area contributed by atoms with Crippen molar-refractivity contribution in [2.45, 2.75) is 6.18 Å². The second-order valence-corrected chi connectivity index (χ2v) is 3.92. The van der Waals surface area contributed by atoms with Gasteiger partial charge in [-0.15, -0.1) is 0 Å². The molecule has 0 aliphatic carbocycles. The predicted molar refractivity (Wildman–Crippen MR) is 70.7 cm³/mol. The fourth-order valence-electron chi connectivity index (χ4n) is 1.49. The topological polar surface area (TPSA) is 72.0 Å². The van der Waals surface area contributed by atoms with E-state index in [4.69, 9.17) is 4.74 Å². The number of ether oxygens (including phenoxy) is 1. The first-order valence-electron chi connectivity index (χ1n) is 5.84. The molecule has 0 saturated carbocycles. The molecule has 112 valence electrons. The van der Waals surface area contributed by atoms with Gasteiger partial charge in [-0.05, 0) is 24.3 Å². The molecule has 9 heteroatoms. The van der Waals surface area contributed by atoms with Gasteiger partial charge in [0.15, 0.2) is 0 Å². The van der Waals surface area contributed by atoms with Crippen molar-refractivity contribution >= 4 is 17.6 Å². The molecule has 1 heterocycles. The Morgan fingerprint density at radius 2 is 1.62 bits per heavy atom. The highest BCUT2D eigenvalue weighted by Gasteiger charge is 2.29. The van der Waals surface area contributed by atoms with Gasteiger partial charge < -0.3 is 15.4 Å². The zero-order valence-electron chi connectivity index (χ0n) is 11.2. The van der Waals surface area contributed by atoms with E-state index in [-0.39, 0.29) is 17.9 Å². The van der Waals surface area contributed by atoms with Crippen LogP contribution < -0.4 is 15.4 Å². The van der Waals surface area contributed by atoms with Gasteiger partial charge in [-0.1, -0.05) is 0 Å². The summed E-state index contributed by atoms with van der Waals surface area (Å²) in [7, 11) is 3.02. The maximum Gasteiger partial charge on any atom is 0.416 e. The monoisotopic (exact) mass is 299 g/mol. The number of benzene rings is 1. The van der Waals surface area contributed by atoms with E-state index in [2.05, 4.69) is 25.6 Å². The molecule has 6 nitrogen and oxygen atoms in total. The average molecular weight is 299 g/mol. The van der Waals surface area contributed by atoms with Crippen molar-refractivity contribution in [3.05, 3.63) is 29.8 Å². The van der Waals surface area contributed by atoms with Crippen LogP contribution in [0.25, 0.3) is 0 Å². The number of rotatable bonds is 4. The molecule has 0 saturated heterocycles. The lowest BCUT2D eigenvalue weighted by molar-refractivity contribution is -0.137. The van der Waals surface area contributed by atoms with Crippen LogP contribution in [0.2, 0.25) is 0 Å². The van der Waals surface area contributed by atoms with Crippen LogP contribution in [0.1, 0.15) is 5.56 Å². The van der Waals surface area contributed by atoms with Gasteiger partial charge in [0.1, 0.15) is 0 Å². The Labute approximate surface area is 118 Å². The van der Waals surface area contributed by atoms with E-state index in [9.17, 15) is 13.2 Å². The molecule has 2 rings (SSSR count). The second-order valence-electron chi connectivity index (χ2n) is 3.92. The molecule has 0 amide bonds. The van der Waals surface area contributed by atoms with Crippen molar-refractivity contribution in [1.82, 2.24) is 15.0 Å². The molecule has 0 unspecified atom stereocenters. The van der Waals surface area contributed by atoms with Crippen LogP contribution in [0.3, 0.4) is 0 Å². The molecule has 1 aromatic heterocycles. The minimum atomic E-state index is -4.37. The summed E-state index contributed by atoms with van der Waals surface area (Å²) in [6.07, 6.45) is -4.37. The molecule has 0 fully saturated rings. The minimum Gasteiger partial charge on any atom is -0.467 e. The minimum absolute atomic E-state index is 0.0868. The van der Waals surface area contributed by atoms with Gasteiger partial charge in [0.2, 0.25) is 11.9 Å². The summed E-state index contributed by atoms with van der Waals surface area (Å²) in [5.74, 6) is 0.433. The Balaban J connectivity index is 2.22. The number of halogens is 3. The van der Waals surface area contributed by atoms with Crippen LogP contribution in [-0.4, -0.2) is 29.1 Å². The van der Waals surface area contributed by atoms with E-state index < -0.39 is 11.7 Å². The molecule has 1 aromatic carbocycles. The number of hydrogen-bond acceptors (Lipinski definition) is 6. The van der Waals surface area contributed by atoms with Crippen molar-refractivity contribution in [3.8, 4) is 6.01 Å². The number of hydrogen-bond donors (Lipinski definition) is 2. The number of alkyl halides is 3. The molecular formula is C12H12F3N5O. The third-order valence-electron chi connectivity index (χ3n) is 2.49. The molecule has 0 radical (unpaired) electrons. The molecule has 0 spiro atoms. The lowest BCUT2D eigenvalue weighted by Gasteiger charge is -2.09. The van der Waals surface area contributed by atoms with Crippen molar-refractivity contribution < 1.29 is 17.9 Å². The highest BCUT2D eigenvalue weighted by molar-refractivity contribution is 5.55. The van der Waals surface area contributed by atoms with Crippen LogP contribution in [0.15, 0.2) is 24.3 Å². The summed E-state index contributed by atoms with van der Waals surface area (Å²) < 4.78 is 42.3.